The van der Waals surface area contributed by atoms with Gasteiger partial charge in [0, 0.05) is 42.9 Å². The third-order valence-electron chi connectivity index (χ3n) is 5.58. The van der Waals surface area contributed by atoms with Gasteiger partial charge < -0.3 is 14.8 Å². The van der Waals surface area contributed by atoms with E-state index in [0.717, 1.165) is 22.4 Å². The number of hydrogen-bond donors (Lipinski definition) is 3. The third kappa shape index (κ3) is 5.41. The number of nitrogens with one attached hydrogen (secondary N) is 2. The van der Waals surface area contributed by atoms with Gasteiger partial charge in [-0.15, -0.1) is 0 Å². The molecule has 0 spiro atoms. The van der Waals surface area contributed by atoms with Crippen LogP contribution in [-0.2, 0) is 0 Å². The van der Waals surface area contributed by atoms with E-state index in [1.54, 1.807) is 17.7 Å². The topological polar surface area (TPSA) is 129 Å². The van der Waals surface area contributed by atoms with Crippen molar-refractivity contribution in [3.63, 3.8) is 0 Å². The number of carbonyl (C=O) groups excluding carboxylic acids is 1. The van der Waals surface area contributed by atoms with Crippen LogP contribution in [0.1, 0.15) is 16.8 Å². The van der Waals surface area contributed by atoms with E-state index < -0.39 is 5.91 Å². The molecule has 2 heterocycles. The van der Waals surface area contributed by atoms with Crippen molar-refractivity contribution in [3.05, 3.63) is 72.6 Å². The number of ether oxygens (including phenoxy) is 2. The van der Waals surface area contributed by atoms with Crippen molar-refractivity contribution in [2.24, 2.45) is 0 Å². The zero-order valence-electron chi connectivity index (χ0n) is 19.7. The molecule has 0 fully saturated rings. The van der Waals surface area contributed by atoms with Gasteiger partial charge in [0.15, 0.2) is 5.75 Å². The molecule has 0 aliphatic carbocycles. The number of amides is 1. The molecule has 0 aliphatic rings. The monoisotopic (exact) mass is 483 g/mol. The van der Waals surface area contributed by atoms with Crippen LogP contribution in [0.15, 0.2) is 67.0 Å². The lowest BCUT2D eigenvalue weighted by molar-refractivity contribution is 0.0705. The van der Waals surface area contributed by atoms with Gasteiger partial charge in [0.25, 0.3) is 5.91 Å². The molecule has 0 radical (unpaired) electrons. The van der Waals surface area contributed by atoms with E-state index in [2.05, 4.69) is 16.4 Å². The summed E-state index contributed by atoms with van der Waals surface area (Å²) >= 11 is 0. The second-order valence-electron chi connectivity index (χ2n) is 7.81. The predicted octanol–water partition coefficient (Wildman–Crippen LogP) is 3.97. The summed E-state index contributed by atoms with van der Waals surface area (Å²) in [5, 5.41) is 21.4. The van der Waals surface area contributed by atoms with Crippen molar-refractivity contribution in [2.45, 2.75) is 6.42 Å². The van der Waals surface area contributed by atoms with Crippen molar-refractivity contribution in [2.75, 3.05) is 26.8 Å². The van der Waals surface area contributed by atoms with E-state index in [1.165, 1.54) is 13.3 Å². The lowest BCUT2D eigenvalue weighted by Crippen LogP contribution is -2.21. The SMILES string of the molecule is COc1c(-c2ccc(-c3ccc(OCCNCCC#N)cc3)cc2)nc2ccncc2c1C(=O)NO. The first-order valence-electron chi connectivity index (χ1n) is 11.3. The van der Waals surface area contributed by atoms with E-state index in [-0.39, 0.29) is 11.3 Å². The van der Waals surface area contributed by atoms with Gasteiger partial charge in [-0.3, -0.25) is 15.0 Å². The fraction of sp³-hybridized carbons (Fsp3) is 0.185. The van der Waals surface area contributed by atoms with Gasteiger partial charge in [-0.05, 0) is 29.3 Å². The number of nitrogens with zero attached hydrogens (tertiary/aromatic N) is 3. The fourth-order valence-corrected chi connectivity index (χ4v) is 3.84. The maximum Gasteiger partial charge on any atom is 0.279 e. The number of aromatic nitrogens is 2. The normalized spacial score (nSPS) is 10.6. The molecule has 0 atom stereocenters. The molecule has 36 heavy (non-hydrogen) atoms. The molecule has 0 saturated heterocycles. The Kier molecular flexibility index (Phi) is 8.03. The van der Waals surface area contributed by atoms with Gasteiger partial charge in [0.1, 0.15) is 18.1 Å². The zero-order chi connectivity index (χ0) is 25.3. The number of benzene rings is 2. The number of hydroxylamine groups is 1. The minimum atomic E-state index is -0.703. The number of nitriles is 1. The minimum Gasteiger partial charge on any atom is -0.494 e. The molecule has 0 saturated carbocycles. The fourth-order valence-electron chi connectivity index (χ4n) is 3.84. The van der Waals surface area contributed by atoms with Gasteiger partial charge in [0.2, 0.25) is 0 Å². The van der Waals surface area contributed by atoms with Crippen LogP contribution in [0.2, 0.25) is 0 Å². The third-order valence-corrected chi connectivity index (χ3v) is 5.58. The van der Waals surface area contributed by atoms with Gasteiger partial charge in [-0.2, -0.15) is 5.26 Å². The molecule has 4 aromatic rings. The maximum atomic E-state index is 12.5. The van der Waals surface area contributed by atoms with E-state index in [4.69, 9.17) is 19.7 Å². The highest BCUT2D eigenvalue weighted by atomic mass is 16.5. The summed E-state index contributed by atoms with van der Waals surface area (Å²) in [5.74, 6) is 0.315. The summed E-state index contributed by atoms with van der Waals surface area (Å²) in [6.45, 7) is 1.85. The molecule has 0 aliphatic heterocycles. The molecule has 2 aromatic heterocycles. The first-order valence-corrected chi connectivity index (χ1v) is 11.3. The van der Waals surface area contributed by atoms with Crippen LogP contribution in [0.4, 0.5) is 0 Å². The standard InChI is InChI=1S/C27H25N5O4/c1-35-26-24(27(33)32-34)22-17-30-14-11-23(22)31-25(26)20-5-3-18(4-6-20)19-7-9-21(10-8-19)36-16-15-29-13-2-12-28/h3-11,14,17,29,34H,2,13,15-16H2,1H3,(H,32,33). The summed E-state index contributed by atoms with van der Waals surface area (Å²) in [4.78, 5) is 21.2. The van der Waals surface area contributed by atoms with Crippen molar-refractivity contribution >= 4 is 16.8 Å². The summed E-state index contributed by atoms with van der Waals surface area (Å²) in [6.07, 6.45) is 3.59. The quantitative estimate of drug-likeness (QED) is 0.176. The van der Waals surface area contributed by atoms with Gasteiger partial charge in [0.05, 0.1) is 24.3 Å². The largest absolute Gasteiger partial charge is 0.494 e. The Morgan fingerprint density at radius 3 is 2.39 bits per heavy atom. The number of rotatable bonds is 10. The molecule has 2 aromatic carbocycles. The van der Waals surface area contributed by atoms with E-state index in [9.17, 15) is 10.0 Å². The first-order chi connectivity index (χ1) is 17.7. The molecule has 3 N–H and O–H groups in total. The van der Waals surface area contributed by atoms with Gasteiger partial charge in [-0.25, -0.2) is 10.5 Å². The Hall–Kier alpha value is -4.52. The summed E-state index contributed by atoms with van der Waals surface area (Å²) in [5.41, 5.74) is 5.66. The Morgan fingerprint density at radius 1 is 1.03 bits per heavy atom. The van der Waals surface area contributed by atoms with Crippen LogP contribution in [0.25, 0.3) is 33.3 Å². The van der Waals surface area contributed by atoms with Crippen molar-refractivity contribution in [1.82, 2.24) is 20.8 Å². The molecular formula is C27H25N5O4. The Morgan fingerprint density at radius 2 is 1.72 bits per heavy atom. The zero-order valence-corrected chi connectivity index (χ0v) is 19.7. The van der Waals surface area contributed by atoms with Crippen LogP contribution in [0.3, 0.4) is 0 Å². The second-order valence-corrected chi connectivity index (χ2v) is 7.81. The lowest BCUT2D eigenvalue weighted by atomic mass is 10.00. The van der Waals surface area contributed by atoms with Crippen LogP contribution in [-0.4, -0.2) is 47.9 Å². The number of hydrogen-bond acceptors (Lipinski definition) is 8. The smallest absolute Gasteiger partial charge is 0.279 e. The number of methoxy groups -OCH3 is 1. The summed E-state index contributed by atoms with van der Waals surface area (Å²) in [7, 11) is 1.46. The highest BCUT2D eigenvalue weighted by molar-refractivity contribution is 6.09. The number of pyridine rings is 2. The molecule has 9 nitrogen and oxygen atoms in total. The van der Waals surface area contributed by atoms with Crippen molar-refractivity contribution < 1.29 is 19.5 Å². The van der Waals surface area contributed by atoms with Crippen LogP contribution < -0.4 is 20.3 Å². The Labute approximate surface area is 208 Å². The molecule has 4 rings (SSSR count). The van der Waals surface area contributed by atoms with Crippen LogP contribution >= 0.6 is 0 Å². The lowest BCUT2D eigenvalue weighted by Gasteiger charge is -2.15. The van der Waals surface area contributed by atoms with Gasteiger partial charge in [-0.1, -0.05) is 36.4 Å². The molecule has 1 amide bonds. The second kappa shape index (κ2) is 11.8. The first kappa shape index (κ1) is 24.6. The maximum absolute atomic E-state index is 12.5. The number of carbonyl (C=O) groups is 1. The minimum absolute atomic E-state index is 0.160. The van der Waals surface area contributed by atoms with E-state index in [1.807, 2.05) is 48.5 Å². The van der Waals surface area contributed by atoms with Crippen molar-refractivity contribution in [3.8, 4) is 40.0 Å². The van der Waals surface area contributed by atoms with E-state index >= 15 is 0 Å². The van der Waals surface area contributed by atoms with Crippen LogP contribution in [0.5, 0.6) is 11.5 Å². The Bertz CT molecular complexity index is 1380. The average Bonchev–Trinajstić information content (AvgIpc) is 2.94. The molecule has 9 heteroatoms. The summed E-state index contributed by atoms with van der Waals surface area (Å²) in [6, 6.07) is 19.3. The van der Waals surface area contributed by atoms with Crippen LogP contribution in [0, 0.1) is 11.3 Å². The molecule has 0 bridgehead atoms. The van der Waals surface area contributed by atoms with E-state index in [0.29, 0.717) is 42.7 Å². The van der Waals surface area contributed by atoms with Crippen molar-refractivity contribution in [1.29, 1.82) is 5.26 Å². The highest BCUT2D eigenvalue weighted by Crippen LogP contribution is 2.36. The molecular weight excluding hydrogens is 458 g/mol. The summed E-state index contributed by atoms with van der Waals surface area (Å²) < 4.78 is 11.3. The van der Waals surface area contributed by atoms with Gasteiger partial charge >= 0.3 is 0 Å². The number of fused-ring (bicyclic) bond motifs is 1. The highest BCUT2D eigenvalue weighted by Gasteiger charge is 2.22. The molecule has 182 valence electrons. The predicted molar refractivity (Wildman–Crippen MR) is 135 cm³/mol. The Balaban J connectivity index is 1.55. The average molecular weight is 484 g/mol. The molecule has 0 unspecified atom stereocenters.